The summed E-state index contributed by atoms with van der Waals surface area (Å²) in [6.45, 7) is 3.60. The Morgan fingerprint density at radius 1 is 1.29 bits per heavy atom. The molecule has 0 saturated carbocycles. The van der Waals surface area contributed by atoms with Crippen LogP contribution in [0.5, 0.6) is 5.75 Å². The van der Waals surface area contributed by atoms with Gasteiger partial charge in [0, 0.05) is 6.42 Å². The van der Waals surface area contributed by atoms with Crippen LogP contribution in [0, 0.1) is 0 Å². The van der Waals surface area contributed by atoms with Gasteiger partial charge in [0.05, 0.1) is 17.7 Å². The van der Waals surface area contributed by atoms with Crippen LogP contribution in [0.4, 0.5) is 13.2 Å². The SMILES string of the molecule is CCOc1ccc(C(F)(F)F)cc1C(=O)CC. The molecule has 2 nitrogen and oxygen atoms in total. The predicted octanol–water partition coefficient (Wildman–Crippen LogP) is 3.70. The van der Waals surface area contributed by atoms with E-state index in [-0.39, 0.29) is 23.5 Å². The van der Waals surface area contributed by atoms with Gasteiger partial charge >= 0.3 is 6.18 Å². The van der Waals surface area contributed by atoms with Crippen LogP contribution in [0.3, 0.4) is 0 Å². The van der Waals surface area contributed by atoms with Crippen molar-refractivity contribution in [2.24, 2.45) is 0 Å². The number of hydrogen-bond donors (Lipinski definition) is 0. The number of carbonyl (C=O) groups is 1. The van der Waals surface area contributed by atoms with Gasteiger partial charge in [-0.25, -0.2) is 0 Å². The highest BCUT2D eigenvalue weighted by atomic mass is 19.4. The fourth-order valence-electron chi connectivity index (χ4n) is 1.40. The standard InChI is InChI=1S/C12H13F3O2/c1-3-10(16)9-7-8(12(13,14)15)5-6-11(9)17-4-2/h5-7H,3-4H2,1-2H3. The van der Waals surface area contributed by atoms with Gasteiger partial charge in [-0.2, -0.15) is 13.2 Å². The summed E-state index contributed by atoms with van der Waals surface area (Å²) >= 11 is 0. The van der Waals surface area contributed by atoms with E-state index in [2.05, 4.69) is 0 Å². The lowest BCUT2D eigenvalue weighted by Crippen LogP contribution is -2.09. The molecule has 5 heteroatoms. The molecule has 1 aromatic carbocycles. The molecule has 0 atom stereocenters. The largest absolute Gasteiger partial charge is 0.493 e. The van der Waals surface area contributed by atoms with Gasteiger partial charge in [-0.05, 0) is 25.1 Å². The first-order valence-corrected chi connectivity index (χ1v) is 5.27. The molecule has 0 amide bonds. The first kappa shape index (κ1) is 13.5. The van der Waals surface area contributed by atoms with E-state index >= 15 is 0 Å². The Hall–Kier alpha value is -1.52. The Morgan fingerprint density at radius 3 is 2.41 bits per heavy atom. The minimum Gasteiger partial charge on any atom is -0.493 e. The van der Waals surface area contributed by atoms with Crippen LogP contribution in [0.2, 0.25) is 0 Å². The molecule has 0 saturated heterocycles. The summed E-state index contributed by atoms with van der Waals surface area (Å²) < 4.78 is 42.6. The zero-order chi connectivity index (χ0) is 13.1. The monoisotopic (exact) mass is 246 g/mol. The molecule has 0 aliphatic carbocycles. The smallest absolute Gasteiger partial charge is 0.416 e. The normalized spacial score (nSPS) is 11.4. The molecule has 1 aromatic rings. The van der Waals surface area contributed by atoms with E-state index < -0.39 is 11.7 Å². The van der Waals surface area contributed by atoms with Gasteiger partial charge in [-0.15, -0.1) is 0 Å². The minimum absolute atomic E-state index is 0.0100. The molecule has 0 aromatic heterocycles. The van der Waals surface area contributed by atoms with Crippen molar-refractivity contribution in [1.82, 2.24) is 0 Å². The van der Waals surface area contributed by atoms with E-state index in [1.54, 1.807) is 13.8 Å². The molecule has 0 fully saturated rings. The molecule has 17 heavy (non-hydrogen) atoms. The summed E-state index contributed by atoms with van der Waals surface area (Å²) in [5, 5.41) is 0. The molecular formula is C12H13F3O2. The fourth-order valence-corrected chi connectivity index (χ4v) is 1.40. The number of alkyl halides is 3. The Morgan fingerprint density at radius 2 is 1.94 bits per heavy atom. The molecular weight excluding hydrogens is 233 g/mol. The van der Waals surface area contributed by atoms with E-state index in [1.807, 2.05) is 0 Å². The van der Waals surface area contributed by atoms with Crippen LogP contribution in [0.15, 0.2) is 18.2 Å². The number of ketones is 1. The summed E-state index contributed by atoms with van der Waals surface area (Å²) in [5.41, 5.74) is -0.845. The molecule has 0 radical (unpaired) electrons. The van der Waals surface area contributed by atoms with Gasteiger partial charge < -0.3 is 4.74 Å². The van der Waals surface area contributed by atoms with Gasteiger partial charge in [-0.1, -0.05) is 6.92 Å². The number of rotatable bonds is 4. The first-order valence-electron chi connectivity index (χ1n) is 5.27. The van der Waals surface area contributed by atoms with E-state index in [1.165, 1.54) is 6.07 Å². The molecule has 0 heterocycles. The van der Waals surface area contributed by atoms with Crippen LogP contribution in [0.1, 0.15) is 36.2 Å². The van der Waals surface area contributed by atoms with E-state index in [9.17, 15) is 18.0 Å². The molecule has 94 valence electrons. The maximum Gasteiger partial charge on any atom is 0.416 e. The number of Topliss-reactive ketones (excluding diaryl/α,β-unsaturated/α-hetero) is 1. The average Bonchev–Trinajstić information content (AvgIpc) is 2.27. The summed E-state index contributed by atoms with van der Waals surface area (Å²) in [6.07, 6.45) is -4.31. The van der Waals surface area contributed by atoms with Crippen LogP contribution in [-0.2, 0) is 6.18 Å². The van der Waals surface area contributed by atoms with Crippen molar-refractivity contribution < 1.29 is 22.7 Å². The van der Waals surface area contributed by atoms with Crippen molar-refractivity contribution in [3.63, 3.8) is 0 Å². The summed E-state index contributed by atoms with van der Waals surface area (Å²) in [4.78, 5) is 11.5. The Bertz CT molecular complexity index is 411. The van der Waals surface area contributed by atoms with Crippen molar-refractivity contribution in [1.29, 1.82) is 0 Å². The zero-order valence-corrected chi connectivity index (χ0v) is 9.60. The summed E-state index contributed by atoms with van der Waals surface area (Å²) in [7, 11) is 0. The van der Waals surface area contributed by atoms with Gasteiger partial charge in [0.2, 0.25) is 0 Å². The Balaban J connectivity index is 3.24. The van der Waals surface area contributed by atoms with Crippen LogP contribution in [-0.4, -0.2) is 12.4 Å². The van der Waals surface area contributed by atoms with Crippen molar-refractivity contribution in [3.05, 3.63) is 29.3 Å². The molecule has 0 bridgehead atoms. The van der Waals surface area contributed by atoms with Gasteiger partial charge in [0.15, 0.2) is 5.78 Å². The Kier molecular flexibility index (Phi) is 4.15. The lowest BCUT2D eigenvalue weighted by atomic mass is 10.0. The van der Waals surface area contributed by atoms with Gasteiger partial charge in [-0.3, -0.25) is 4.79 Å². The third-order valence-corrected chi connectivity index (χ3v) is 2.23. The lowest BCUT2D eigenvalue weighted by molar-refractivity contribution is -0.137. The minimum atomic E-state index is -4.45. The lowest BCUT2D eigenvalue weighted by Gasteiger charge is -2.12. The predicted molar refractivity (Wildman–Crippen MR) is 57.2 cm³/mol. The maximum atomic E-state index is 12.5. The number of ether oxygens (including phenoxy) is 1. The second-order valence-corrected chi connectivity index (χ2v) is 3.42. The van der Waals surface area contributed by atoms with Crippen LogP contribution in [0.25, 0.3) is 0 Å². The second-order valence-electron chi connectivity index (χ2n) is 3.42. The highest BCUT2D eigenvalue weighted by molar-refractivity contribution is 5.98. The summed E-state index contributed by atoms with van der Waals surface area (Å²) in [6, 6.07) is 2.95. The molecule has 0 spiro atoms. The third-order valence-electron chi connectivity index (χ3n) is 2.23. The molecule has 0 aliphatic heterocycles. The fraction of sp³-hybridized carbons (Fsp3) is 0.417. The van der Waals surface area contributed by atoms with Gasteiger partial charge in [0.25, 0.3) is 0 Å². The molecule has 1 rings (SSSR count). The molecule has 0 aliphatic rings. The number of halogens is 3. The number of hydrogen-bond acceptors (Lipinski definition) is 2. The highest BCUT2D eigenvalue weighted by Gasteiger charge is 2.31. The van der Waals surface area contributed by atoms with Crippen molar-refractivity contribution in [2.75, 3.05) is 6.61 Å². The number of benzene rings is 1. The van der Waals surface area contributed by atoms with E-state index in [4.69, 9.17) is 4.74 Å². The maximum absolute atomic E-state index is 12.5. The highest BCUT2D eigenvalue weighted by Crippen LogP contribution is 2.33. The first-order chi connectivity index (χ1) is 7.90. The molecule has 0 unspecified atom stereocenters. The van der Waals surface area contributed by atoms with Crippen molar-refractivity contribution in [3.8, 4) is 5.75 Å². The van der Waals surface area contributed by atoms with E-state index in [0.29, 0.717) is 6.61 Å². The second kappa shape index (κ2) is 5.21. The van der Waals surface area contributed by atoms with Crippen molar-refractivity contribution in [2.45, 2.75) is 26.4 Å². The summed E-state index contributed by atoms with van der Waals surface area (Å²) in [5.74, 6) is -0.160. The zero-order valence-electron chi connectivity index (χ0n) is 9.60. The van der Waals surface area contributed by atoms with Crippen LogP contribution >= 0.6 is 0 Å². The quantitative estimate of drug-likeness (QED) is 0.757. The number of carbonyl (C=O) groups excluding carboxylic acids is 1. The average molecular weight is 246 g/mol. The Labute approximate surface area is 97.4 Å². The van der Waals surface area contributed by atoms with Gasteiger partial charge in [0.1, 0.15) is 5.75 Å². The topological polar surface area (TPSA) is 26.3 Å². The molecule has 0 N–H and O–H groups in total. The third kappa shape index (κ3) is 3.22. The van der Waals surface area contributed by atoms with Crippen molar-refractivity contribution >= 4 is 5.78 Å². The van der Waals surface area contributed by atoms with Crippen LogP contribution < -0.4 is 4.74 Å². The van der Waals surface area contributed by atoms with E-state index in [0.717, 1.165) is 12.1 Å².